The topological polar surface area (TPSA) is 61.7 Å². The zero-order chi connectivity index (χ0) is 13.2. The lowest BCUT2D eigenvalue weighted by Gasteiger charge is -2.32. The van der Waals surface area contributed by atoms with Gasteiger partial charge in [-0.15, -0.1) is 0 Å². The Kier molecular flexibility index (Phi) is 4.19. The molecule has 1 aliphatic rings. The molecule has 2 atom stereocenters. The lowest BCUT2D eigenvalue weighted by atomic mass is 9.91. The van der Waals surface area contributed by atoms with Gasteiger partial charge in [-0.3, -0.25) is 0 Å². The summed E-state index contributed by atoms with van der Waals surface area (Å²) in [6.45, 7) is 0.638. The van der Waals surface area contributed by atoms with Crippen molar-refractivity contribution in [3.63, 3.8) is 0 Å². The lowest BCUT2D eigenvalue weighted by Crippen LogP contribution is -2.47. The van der Waals surface area contributed by atoms with Crippen LogP contribution in [0.1, 0.15) is 11.7 Å². The summed E-state index contributed by atoms with van der Waals surface area (Å²) in [6.07, 6.45) is -0.788. The van der Waals surface area contributed by atoms with E-state index < -0.39 is 24.1 Å². The minimum atomic E-state index is -1.48. The van der Waals surface area contributed by atoms with E-state index in [4.69, 9.17) is 16.3 Å². The quantitative estimate of drug-likeness (QED) is 0.749. The van der Waals surface area contributed by atoms with Crippen molar-refractivity contribution in [2.75, 3.05) is 26.3 Å². The van der Waals surface area contributed by atoms with Crippen molar-refractivity contribution in [1.82, 2.24) is 5.32 Å². The standard InChI is InChI=1S/C12H15ClFNO3/c13-9-2-1-8(5-10(9)14)11-12(17,7-16)6-15-3-4-18-11/h1-2,5,11,15-17H,3-4,6-7H2. The molecule has 3 N–H and O–H groups in total. The number of hydrogen-bond donors (Lipinski definition) is 3. The van der Waals surface area contributed by atoms with Crippen LogP contribution in [0.15, 0.2) is 18.2 Å². The summed E-state index contributed by atoms with van der Waals surface area (Å²) in [6, 6.07) is 4.21. The van der Waals surface area contributed by atoms with E-state index in [2.05, 4.69) is 5.32 Å². The summed E-state index contributed by atoms with van der Waals surface area (Å²) in [5, 5.41) is 22.7. The van der Waals surface area contributed by atoms with Crippen molar-refractivity contribution in [3.8, 4) is 0 Å². The summed E-state index contributed by atoms with van der Waals surface area (Å²) in [5.74, 6) is -0.574. The van der Waals surface area contributed by atoms with E-state index in [0.29, 0.717) is 18.7 Å². The number of aliphatic hydroxyl groups is 2. The Morgan fingerprint density at radius 3 is 3.00 bits per heavy atom. The lowest BCUT2D eigenvalue weighted by molar-refractivity contribution is -0.119. The Morgan fingerprint density at radius 2 is 2.33 bits per heavy atom. The summed E-state index contributed by atoms with van der Waals surface area (Å²) in [5.41, 5.74) is -1.02. The van der Waals surface area contributed by atoms with Crippen LogP contribution in [0, 0.1) is 5.82 Å². The molecule has 0 aromatic heterocycles. The first-order valence-electron chi connectivity index (χ1n) is 5.67. The molecule has 0 bridgehead atoms. The van der Waals surface area contributed by atoms with Crippen molar-refractivity contribution in [1.29, 1.82) is 0 Å². The van der Waals surface area contributed by atoms with Crippen LogP contribution in [0.5, 0.6) is 0 Å². The molecule has 1 aliphatic heterocycles. The van der Waals surface area contributed by atoms with Gasteiger partial charge in [0.1, 0.15) is 17.5 Å². The summed E-state index contributed by atoms with van der Waals surface area (Å²) in [4.78, 5) is 0. The Hall–Kier alpha value is -0.720. The first-order chi connectivity index (χ1) is 8.57. The Bertz CT molecular complexity index is 432. The van der Waals surface area contributed by atoms with Crippen molar-refractivity contribution < 1.29 is 19.3 Å². The molecule has 0 saturated carbocycles. The fourth-order valence-corrected chi connectivity index (χ4v) is 2.14. The molecule has 0 spiro atoms. The molecule has 1 fully saturated rings. The average Bonchev–Trinajstić information content (AvgIpc) is 2.55. The van der Waals surface area contributed by atoms with Crippen LogP contribution in [-0.2, 0) is 4.74 Å². The van der Waals surface area contributed by atoms with Gasteiger partial charge in [0.2, 0.25) is 0 Å². The van der Waals surface area contributed by atoms with Crippen molar-refractivity contribution >= 4 is 11.6 Å². The van der Waals surface area contributed by atoms with Gasteiger partial charge in [0.25, 0.3) is 0 Å². The van der Waals surface area contributed by atoms with Crippen LogP contribution >= 0.6 is 11.6 Å². The van der Waals surface area contributed by atoms with Crippen LogP contribution < -0.4 is 5.32 Å². The second kappa shape index (κ2) is 5.50. The van der Waals surface area contributed by atoms with Crippen LogP contribution in [0.3, 0.4) is 0 Å². The summed E-state index contributed by atoms with van der Waals surface area (Å²) < 4.78 is 19.0. The molecule has 18 heavy (non-hydrogen) atoms. The van der Waals surface area contributed by atoms with Crippen molar-refractivity contribution in [2.45, 2.75) is 11.7 Å². The highest BCUT2D eigenvalue weighted by Crippen LogP contribution is 2.32. The van der Waals surface area contributed by atoms with Crippen LogP contribution in [0.4, 0.5) is 4.39 Å². The number of hydrogen-bond acceptors (Lipinski definition) is 4. The zero-order valence-corrected chi connectivity index (χ0v) is 10.5. The molecule has 100 valence electrons. The van der Waals surface area contributed by atoms with E-state index in [0.717, 1.165) is 0 Å². The van der Waals surface area contributed by atoms with Crippen molar-refractivity contribution in [2.24, 2.45) is 0 Å². The predicted molar refractivity (Wildman–Crippen MR) is 65.0 cm³/mol. The molecule has 0 radical (unpaired) electrons. The third-order valence-corrected chi connectivity index (χ3v) is 3.31. The number of ether oxygens (including phenoxy) is 1. The molecule has 6 heteroatoms. The highest BCUT2D eigenvalue weighted by molar-refractivity contribution is 6.30. The van der Waals surface area contributed by atoms with E-state index in [1.165, 1.54) is 12.1 Å². The highest BCUT2D eigenvalue weighted by atomic mass is 35.5. The maximum Gasteiger partial charge on any atom is 0.142 e. The van der Waals surface area contributed by atoms with Gasteiger partial charge in [0, 0.05) is 13.1 Å². The Balaban J connectivity index is 2.35. The molecule has 1 aromatic carbocycles. The summed E-state index contributed by atoms with van der Waals surface area (Å²) in [7, 11) is 0. The monoisotopic (exact) mass is 275 g/mol. The van der Waals surface area contributed by atoms with E-state index in [9.17, 15) is 14.6 Å². The number of aliphatic hydroxyl groups excluding tert-OH is 1. The van der Waals surface area contributed by atoms with Crippen molar-refractivity contribution in [3.05, 3.63) is 34.6 Å². The number of benzene rings is 1. The van der Waals surface area contributed by atoms with Gasteiger partial charge in [-0.25, -0.2) is 4.39 Å². The van der Waals surface area contributed by atoms with Crippen LogP contribution in [-0.4, -0.2) is 42.1 Å². The van der Waals surface area contributed by atoms with Gasteiger partial charge in [0.15, 0.2) is 0 Å². The second-order valence-corrected chi connectivity index (χ2v) is 4.77. The predicted octanol–water partition coefficient (Wildman–Crippen LogP) is 0.863. The first kappa shape index (κ1) is 13.7. The zero-order valence-electron chi connectivity index (χ0n) is 9.70. The van der Waals surface area contributed by atoms with Crippen LogP contribution in [0.2, 0.25) is 5.02 Å². The van der Waals surface area contributed by atoms with E-state index >= 15 is 0 Å². The van der Waals surface area contributed by atoms with Gasteiger partial charge < -0.3 is 20.3 Å². The van der Waals surface area contributed by atoms with E-state index in [-0.39, 0.29) is 11.6 Å². The normalized spacial score (nSPS) is 29.0. The molecule has 4 nitrogen and oxygen atoms in total. The maximum absolute atomic E-state index is 13.4. The van der Waals surface area contributed by atoms with E-state index in [1.54, 1.807) is 6.07 Å². The molecule has 2 rings (SSSR count). The smallest absolute Gasteiger partial charge is 0.142 e. The molecule has 2 unspecified atom stereocenters. The van der Waals surface area contributed by atoms with Gasteiger partial charge in [0.05, 0.1) is 18.2 Å². The van der Waals surface area contributed by atoms with Gasteiger partial charge >= 0.3 is 0 Å². The van der Waals surface area contributed by atoms with Gasteiger partial charge in [-0.2, -0.15) is 0 Å². The molecular formula is C12H15ClFNO3. The minimum absolute atomic E-state index is 0.0121. The molecular weight excluding hydrogens is 261 g/mol. The fraction of sp³-hybridized carbons (Fsp3) is 0.500. The number of halogens is 2. The Labute approximate surface area is 109 Å². The number of nitrogens with one attached hydrogen (secondary N) is 1. The second-order valence-electron chi connectivity index (χ2n) is 4.36. The summed E-state index contributed by atoms with van der Waals surface area (Å²) >= 11 is 5.62. The SMILES string of the molecule is OCC1(O)CNCCOC1c1ccc(Cl)c(F)c1. The van der Waals surface area contributed by atoms with Gasteiger partial charge in [-0.1, -0.05) is 17.7 Å². The Morgan fingerprint density at radius 1 is 1.56 bits per heavy atom. The largest absolute Gasteiger partial charge is 0.393 e. The number of rotatable bonds is 2. The van der Waals surface area contributed by atoms with Crippen LogP contribution in [0.25, 0.3) is 0 Å². The molecule has 1 aromatic rings. The highest BCUT2D eigenvalue weighted by Gasteiger charge is 2.39. The fourth-order valence-electron chi connectivity index (χ4n) is 2.02. The third-order valence-electron chi connectivity index (χ3n) is 3.00. The molecule has 0 amide bonds. The van der Waals surface area contributed by atoms with E-state index in [1.807, 2.05) is 0 Å². The minimum Gasteiger partial charge on any atom is -0.393 e. The molecule has 1 heterocycles. The first-order valence-corrected chi connectivity index (χ1v) is 6.05. The average molecular weight is 276 g/mol. The molecule has 0 aliphatic carbocycles. The third kappa shape index (κ3) is 2.65. The molecule has 1 saturated heterocycles. The van der Waals surface area contributed by atoms with Gasteiger partial charge in [-0.05, 0) is 17.7 Å². The maximum atomic E-state index is 13.4. The number of β-amino-alcohol motifs (C(OH)–C–C–N with tert-alkyl or cyclic N) is 1.